The summed E-state index contributed by atoms with van der Waals surface area (Å²) in [5.74, 6) is 0.529. The Morgan fingerprint density at radius 1 is 1.53 bits per heavy atom. The van der Waals surface area contributed by atoms with Crippen molar-refractivity contribution in [1.29, 1.82) is 0 Å². The van der Waals surface area contributed by atoms with E-state index in [0.717, 1.165) is 17.0 Å². The number of hydrogen-bond acceptors (Lipinski definition) is 3. The molecule has 0 bridgehead atoms. The lowest BCUT2D eigenvalue weighted by Crippen LogP contribution is -2.30. The van der Waals surface area contributed by atoms with Gasteiger partial charge in [0.2, 0.25) is 0 Å². The van der Waals surface area contributed by atoms with Gasteiger partial charge in [-0.1, -0.05) is 15.9 Å². The number of likely N-dealkylation sites (N-methyl/N-ethyl adjacent to an activating group) is 1. The maximum absolute atomic E-state index is 12.1. The van der Waals surface area contributed by atoms with Crippen LogP contribution in [0.5, 0.6) is 5.75 Å². The third-order valence-corrected chi connectivity index (χ3v) is 3.65. The molecule has 5 heteroatoms. The molecule has 1 aromatic rings. The largest absolute Gasteiger partial charge is 0.507 e. The number of halogens is 1. The summed E-state index contributed by atoms with van der Waals surface area (Å²) in [7, 11) is 1.71. The number of ether oxygens (including phenoxy) is 1. The summed E-state index contributed by atoms with van der Waals surface area (Å²) in [6, 6.07) is 4.87. The molecule has 19 heavy (non-hydrogen) atoms. The van der Waals surface area contributed by atoms with Crippen molar-refractivity contribution < 1.29 is 14.6 Å². The van der Waals surface area contributed by atoms with Gasteiger partial charge < -0.3 is 14.7 Å². The Bertz CT molecular complexity index is 460. The summed E-state index contributed by atoms with van der Waals surface area (Å²) >= 11 is 3.25. The summed E-state index contributed by atoms with van der Waals surface area (Å²) in [4.78, 5) is 13.7. The van der Waals surface area contributed by atoms with Crippen molar-refractivity contribution in [3.05, 3.63) is 28.2 Å². The summed E-state index contributed by atoms with van der Waals surface area (Å²) in [5, 5.41) is 9.75. The topological polar surface area (TPSA) is 49.8 Å². The molecule has 0 aliphatic heterocycles. The maximum Gasteiger partial charge on any atom is 0.257 e. The smallest absolute Gasteiger partial charge is 0.257 e. The van der Waals surface area contributed by atoms with Crippen molar-refractivity contribution in [2.75, 3.05) is 26.8 Å². The number of carbonyl (C=O) groups excluding carboxylic acids is 1. The van der Waals surface area contributed by atoms with E-state index in [1.165, 1.54) is 18.9 Å². The number of hydrogen-bond donors (Lipinski definition) is 1. The van der Waals surface area contributed by atoms with Gasteiger partial charge in [-0.3, -0.25) is 4.79 Å². The Hall–Kier alpha value is -1.07. The van der Waals surface area contributed by atoms with Gasteiger partial charge in [-0.2, -0.15) is 0 Å². The van der Waals surface area contributed by atoms with Crippen LogP contribution in [-0.4, -0.2) is 42.7 Å². The molecule has 104 valence electrons. The van der Waals surface area contributed by atoms with E-state index in [2.05, 4.69) is 15.9 Å². The van der Waals surface area contributed by atoms with Gasteiger partial charge in [-0.05, 0) is 37.0 Å². The van der Waals surface area contributed by atoms with Crippen LogP contribution in [0.15, 0.2) is 22.7 Å². The second kappa shape index (κ2) is 6.39. The molecular weight excluding hydrogens is 310 g/mol. The highest BCUT2D eigenvalue weighted by Gasteiger charge is 2.21. The van der Waals surface area contributed by atoms with E-state index >= 15 is 0 Å². The molecule has 0 heterocycles. The zero-order valence-electron chi connectivity index (χ0n) is 10.9. The molecule has 4 nitrogen and oxygen atoms in total. The number of carbonyl (C=O) groups is 1. The highest BCUT2D eigenvalue weighted by molar-refractivity contribution is 9.10. The van der Waals surface area contributed by atoms with Gasteiger partial charge in [0, 0.05) is 24.7 Å². The molecule has 1 N–H and O–H groups in total. The van der Waals surface area contributed by atoms with Gasteiger partial charge in [-0.25, -0.2) is 0 Å². The lowest BCUT2D eigenvalue weighted by Gasteiger charge is -2.18. The van der Waals surface area contributed by atoms with Crippen molar-refractivity contribution >= 4 is 21.8 Å². The number of phenols is 1. The van der Waals surface area contributed by atoms with Crippen LogP contribution in [0.25, 0.3) is 0 Å². The average Bonchev–Trinajstić information content (AvgIpc) is 3.17. The van der Waals surface area contributed by atoms with E-state index < -0.39 is 0 Å². The standard InChI is InChI=1S/C14H18BrNO3/c1-16(6-7-19-9-10-2-3-10)14(18)12-5-4-11(15)8-13(12)17/h4-5,8,10,17H,2-3,6-7,9H2,1H3. The Morgan fingerprint density at radius 2 is 2.26 bits per heavy atom. The molecule has 0 radical (unpaired) electrons. The lowest BCUT2D eigenvalue weighted by molar-refractivity contribution is 0.0678. The van der Waals surface area contributed by atoms with Crippen LogP contribution in [0.1, 0.15) is 23.2 Å². The van der Waals surface area contributed by atoms with Gasteiger partial charge in [0.05, 0.1) is 12.2 Å². The predicted molar refractivity (Wildman–Crippen MR) is 76.3 cm³/mol. The van der Waals surface area contributed by atoms with Crippen LogP contribution in [0.2, 0.25) is 0 Å². The molecule has 0 spiro atoms. The molecule has 0 atom stereocenters. The fourth-order valence-corrected chi connectivity index (χ4v) is 2.08. The molecule has 0 saturated heterocycles. The van der Waals surface area contributed by atoms with E-state index in [-0.39, 0.29) is 11.7 Å². The zero-order valence-corrected chi connectivity index (χ0v) is 12.5. The first-order valence-electron chi connectivity index (χ1n) is 6.39. The van der Waals surface area contributed by atoms with Crippen molar-refractivity contribution in [3.8, 4) is 5.75 Å². The Labute approximate surface area is 121 Å². The van der Waals surface area contributed by atoms with Crippen LogP contribution in [0.3, 0.4) is 0 Å². The van der Waals surface area contributed by atoms with Crippen LogP contribution < -0.4 is 0 Å². The molecule has 1 aliphatic rings. The van der Waals surface area contributed by atoms with E-state index in [1.807, 2.05) is 0 Å². The van der Waals surface area contributed by atoms with Crippen molar-refractivity contribution in [1.82, 2.24) is 4.90 Å². The number of rotatable bonds is 6. The molecule has 1 fully saturated rings. The highest BCUT2D eigenvalue weighted by Crippen LogP contribution is 2.28. The van der Waals surface area contributed by atoms with E-state index in [1.54, 1.807) is 24.1 Å². The summed E-state index contributed by atoms with van der Waals surface area (Å²) in [6.07, 6.45) is 2.53. The Kier molecular flexibility index (Phi) is 4.82. The van der Waals surface area contributed by atoms with Crippen molar-refractivity contribution in [3.63, 3.8) is 0 Å². The van der Waals surface area contributed by atoms with Gasteiger partial charge in [-0.15, -0.1) is 0 Å². The minimum absolute atomic E-state index is 0.00914. The number of amides is 1. The fraction of sp³-hybridized carbons (Fsp3) is 0.500. The van der Waals surface area contributed by atoms with Gasteiger partial charge >= 0.3 is 0 Å². The number of nitrogens with zero attached hydrogens (tertiary/aromatic N) is 1. The average molecular weight is 328 g/mol. The molecule has 1 aliphatic carbocycles. The normalized spacial score (nSPS) is 14.4. The molecule has 1 saturated carbocycles. The predicted octanol–water partition coefficient (Wildman–Crippen LogP) is 2.65. The Morgan fingerprint density at radius 3 is 2.89 bits per heavy atom. The fourth-order valence-electron chi connectivity index (χ4n) is 1.73. The van der Waals surface area contributed by atoms with Crippen LogP contribution in [0, 0.1) is 5.92 Å². The van der Waals surface area contributed by atoms with Crippen LogP contribution in [0.4, 0.5) is 0 Å². The first-order valence-corrected chi connectivity index (χ1v) is 7.19. The molecule has 0 unspecified atom stereocenters. The van der Waals surface area contributed by atoms with Gasteiger partial charge in [0.1, 0.15) is 5.75 Å². The summed E-state index contributed by atoms with van der Waals surface area (Å²) in [5.41, 5.74) is 0.313. The first-order chi connectivity index (χ1) is 9.08. The SMILES string of the molecule is CN(CCOCC1CC1)C(=O)c1ccc(Br)cc1O. The number of phenolic OH excluding ortho intramolecular Hbond substituents is 1. The number of aromatic hydroxyl groups is 1. The van der Waals surface area contributed by atoms with E-state index in [9.17, 15) is 9.90 Å². The lowest BCUT2D eigenvalue weighted by atomic mass is 10.2. The Balaban J connectivity index is 1.83. The quantitative estimate of drug-likeness (QED) is 0.817. The molecule has 2 rings (SSSR count). The molecule has 0 aromatic heterocycles. The molecule has 1 amide bonds. The summed E-state index contributed by atoms with van der Waals surface area (Å²) in [6.45, 7) is 1.86. The van der Waals surface area contributed by atoms with Gasteiger partial charge in [0.15, 0.2) is 0 Å². The molecular formula is C14H18BrNO3. The second-order valence-electron chi connectivity index (χ2n) is 4.91. The zero-order chi connectivity index (χ0) is 13.8. The van der Waals surface area contributed by atoms with Crippen LogP contribution >= 0.6 is 15.9 Å². The van der Waals surface area contributed by atoms with E-state index in [4.69, 9.17) is 4.74 Å². The minimum Gasteiger partial charge on any atom is -0.507 e. The monoisotopic (exact) mass is 327 g/mol. The van der Waals surface area contributed by atoms with Crippen molar-refractivity contribution in [2.24, 2.45) is 5.92 Å². The molecule has 1 aromatic carbocycles. The maximum atomic E-state index is 12.1. The van der Waals surface area contributed by atoms with E-state index in [0.29, 0.717) is 18.7 Å². The third-order valence-electron chi connectivity index (χ3n) is 3.16. The number of benzene rings is 1. The van der Waals surface area contributed by atoms with Gasteiger partial charge in [0.25, 0.3) is 5.91 Å². The summed E-state index contributed by atoms with van der Waals surface area (Å²) < 4.78 is 6.25. The van der Waals surface area contributed by atoms with Crippen LogP contribution in [-0.2, 0) is 4.74 Å². The first kappa shape index (κ1) is 14.3. The minimum atomic E-state index is -0.194. The van der Waals surface area contributed by atoms with Crippen molar-refractivity contribution in [2.45, 2.75) is 12.8 Å². The third kappa shape index (κ3) is 4.21. The second-order valence-corrected chi connectivity index (χ2v) is 5.82. The highest BCUT2D eigenvalue weighted by atomic mass is 79.9.